The van der Waals surface area contributed by atoms with Gasteiger partial charge in [-0.3, -0.25) is 0 Å². The molecule has 0 aliphatic carbocycles. The lowest BCUT2D eigenvalue weighted by molar-refractivity contribution is 0.322. The summed E-state index contributed by atoms with van der Waals surface area (Å²) in [5, 5.41) is 6.28. The standard InChI is InChI=1S/C21H27F2N3O3/c1-5-24-21(26-13-15-12-16(22)7-8-17(15)23)25-11-10-14-6-9-18(27-2)20(29-4)19(14)28-3/h6-9,12H,5,10-11,13H2,1-4H3,(H2,24,25,26). The van der Waals surface area contributed by atoms with Gasteiger partial charge in [-0.05, 0) is 37.6 Å². The molecule has 0 heterocycles. The van der Waals surface area contributed by atoms with Gasteiger partial charge in [0.1, 0.15) is 11.6 Å². The van der Waals surface area contributed by atoms with Crippen molar-refractivity contribution in [3.63, 3.8) is 0 Å². The predicted molar refractivity (Wildman–Crippen MR) is 109 cm³/mol. The van der Waals surface area contributed by atoms with Crippen LogP contribution in [0, 0.1) is 11.6 Å². The second kappa shape index (κ2) is 11.1. The molecule has 0 saturated carbocycles. The summed E-state index contributed by atoms with van der Waals surface area (Å²) < 4.78 is 43.3. The minimum atomic E-state index is -0.491. The molecular formula is C21H27F2N3O3. The van der Waals surface area contributed by atoms with Gasteiger partial charge in [0.2, 0.25) is 5.75 Å². The van der Waals surface area contributed by atoms with E-state index >= 15 is 0 Å². The highest BCUT2D eigenvalue weighted by molar-refractivity contribution is 5.79. The van der Waals surface area contributed by atoms with E-state index in [1.165, 1.54) is 0 Å². The van der Waals surface area contributed by atoms with Gasteiger partial charge in [0.15, 0.2) is 17.5 Å². The molecule has 2 N–H and O–H groups in total. The number of ether oxygens (including phenoxy) is 3. The van der Waals surface area contributed by atoms with Gasteiger partial charge in [0.25, 0.3) is 0 Å². The number of nitrogens with zero attached hydrogens (tertiary/aromatic N) is 1. The number of hydrogen-bond donors (Lipinski definition) is 2. The Labute approximate surface area is 169 Å². The zero-order valence-corrected chi connectivity index (χ0v) is 17.1. The Bertz CT molecular complexity index is 844. The molecule has 0 bridgehead atoms. The Morgan fingerprint density at radius 3 is 2.34 bits per heavy atom. The predicted octanol–water partition coefficient (Wildman–Crippen LogP) is 3.29. The summed E-state index contributed by atoms with van der Waals surface area (Å²) in [5.74, 6) is 1.27. The highest BCUT2D eigenvalue weighted by Crippen LogP contribution is 2.39. The highest BCUT2D eigenvalue weighted by atomic mass is 19.1. The molecule has 6 nitrogen and oxygen atoms in total. The van der Waals surface area contributed by atoms with Crippen molar-refractivity contribution in [3.8, 4) is 17.2 Å². The molecule has 0 aliphatic heterocycles. The van der Waals surface area contributed by atoms with Crippen LogP contribution >= 0.6 is 0 Å². The fourth-order valence-electron chi connectivity index (χ4n) is 2.85. The monoisotopic (exact) mass is 407 g/mol. The van der Waals surface area contributed by atoms with Crippen molar-refractivity contribution in [2.75, 3.05) is 34.4 Å². The summed E-state index contributed by atoms with van der Waals surface area (Å²) in [6.45, 7) is 3.14. The average Bonchev–Trinajstić information content (AvgIpc) is 2.73. The summed E-state index contributed by atoms with van der Waals surface area (Å²) in [6.07, 6.45) is 0.627. The zero-order chi connectivity index (χ0) is 21.2. The fraction of sp³-hybridized carbons (Fsp3) is 0.381. The lowest BCUT2D eigenvalue weighted by atomic mass is 10.1. The SMILES string of the molecule is CCNC(=NCc1cc(F)ccc1F)NCCc1ccc(OC)c(OC)c1OC. The van der Waals surface area contributed by atoms with Crippen LogP contribution in [0.2, 0.25) is 0 Å². The molecule has 0 aromatic heterocycles. The van der Waals surface area contributed by atoms with Crippen molar-refractivity contribution < 1.29 is 23.0 Å². The molecule has 0 unspecified atom stereocenters. The van der Waals surface area contributed by atoms with E-state index in [0.717, 1.165) is 23.8 Å². The van der Waals surface area contributed by atoms with Crippen LogP contribution in [-0.2, 0) is 13.0 Å². The number of guanidine groups is 1. The largest absolute Gasteiger partial charge is 0.493 e. The fourth-order valence-corrected chi connectivity index (χ4v) is 2.85. The maximum atomic E-state index is 13.8. The minimum Gasteiger partial charge on any atom is -0.493 e. The molecule has 2 aromatic carbocycles. The third kappa shape index (κ3) is 5.97. The number of rotatable bonds is 9. The Morgan fingerprint density at radius 1 is 0.931 bits per heavy atom. The van der Waals surface area contributed by atoms with E-state index in [1.54, 1.807) is 21.3 Å². The molecule has 2 aromatic rings. The van der Waals surface area contributed by atoms with Crippen molar-refractivity contribution in [3.05, 3.63) is 53.1 Å². The van der Waals surface area contributed by atoms with Crippen molar-refractivity contribution >= 4 is 5.96 Å². The number of halogens is 2. The molecule has 0 amide bonds. The molecule has 0 saturated heterocycles. The first-order chi connectivity index (χ1) is 14.0. The first kappa shape index (κ1) is 22.3. The summed E-state index contributed by atoms with van der Waals surface area (Å²) in [7, 11) is 4.70. The second-order valence-corrected chi connectivity index (χ2v) is 6.10. The molecule has 2 rings (SSSR count). The van der Waals surface area contributed by atoms with Gasteiger partial charge >= 0.3 is 0 Å². The third-order valence-electron chi connectivity index (χ3n) is 4.23. The van der Waals surface area contributed by atoms with E-state index in [-0.39, 0.29) is 12.1 Å². The van der Waals surface area contributed by atoms with E-state index < -0.39 is 11.6 Å². The topological polar surface area (TPSA) is 64.1 Å². The van der Waals surface area contributed by atoms with Gasteiger partial charge in [0, 0.05) is 24.2 Å². The van der Waals surface area contributed by atoms with Crippen LogP contribution in [0.25, 0.3) is 0 Å². The van der Waals surface area contributed by atoms with Crippen LogP contribution in [0.15, 0.2) is 35.3 Å². The molecule has 0 fully saturated rings. The average molecular weight is 407 g/mol. The van der Waals surface area contributed by atoms with Crippen LogP contribution in [0.5, 0.6) is 17.2 Å². The van der Waals surface area contributed by atoms with E-state index in [1.807, 2.05) is 19.1 Å². The maximum absolute atomic E-state index is 13.8. The van der Waals surface area contributed by atoms with Gasteiger partial charge in [-0.25, -0.2) is 13.8 Å². The Morgan fingerprint density at radius 2 is 1.69 bits per heavy atom. The van der Waals surface area contributed by atoms with Gasteiger partial charge in [0.05, 0.1) is 27.9 Å². The van der Waals surface area contributed by atoms with Crippen LogP contribution in [-0.4, -0.2) is 40.4 Å². The molecular weight excluding hydrogens is 380 g/mol. The smallest absolute Gasteiger partial charge is 0.203 e. The maximum Gasteiger partial charge on any atom is 0.203 e. The zero-order valence-electron chi connectivity index (χ0n) is 17.1. The van der Waals surface area contributed by atoms with Crippen molar-refractivity contribution in [2.24, 2.45) is 4.99 Å². The van der Waals surface area contributed by atoms with E-state index in [0.29, 0.717) is 42.7 Å². The van der Waals surface area contributed by atoms with Crippen LogP contribution in [0.3, 0.4) is 0 Å². The molecule has 0 atom stereocenters. The molecule has 158 valence electrons. The van der Waals surface area contributed by atoms with E-state index in [9.17, 15) is 8.78 Å². The summed E-state index contributed by atoms with van der Waals surface area (Å²) >= 11 is 0. The Hall–Kier alpha value is -3.03. The summed E-state index contributed by atoms with van der Waals surface area (Å²) in [6, 6.07) is 7.07. The van der Waals surface area contributed by atoms with Gasteiger partial charge < -0.3 is 24.8 Å². The third-order valence-corrected chi connectivity index (χ3v) is 4.23. The van der Waals surface area contributed by atoms with Crippen molar-refractivity contribution in [1.29, 1.82) is 0 Å². The van der Waals surface area contributed by atoms with Crippen LogP contribution in [0.1, 0.15) is 18.1 Å². The van der Waals surface area contributed by atoms with Crippen molar-refractivity contribution in [2.45, 2.75) is 19.9 Å². The summed E-state index contributed by atoms with van der Waals surface area (Å²) in [4.78, 5) is 4.33. The molecule has 0 spiro atoms. The molecule has 29 heavy (non-hydrogen) atoms. The van der Waals surface area contributed by atoms with Crippen LogP contribution < -0.4 is 24.8 Å². The second-order valence-electron chi connectivity index (χ2n) is 6.10. The van der Waals surface area contributed by atoms with E-state index in [4.69, 9.17) is 14.2 Å². The van der Waals surface area contributed by atoms with Crippen molar-refractivity contribution in [1.82, 2.24) is 10.6 Å². The van der Waals surface area contributed by atoms with Gasteiger partial charge in [-0.15, -0.1) is 0 Å². The quantitative estimate of drug-likeness (QED) is 0.493. The minimum absolute atomic E-state index is 0.0264. The Balaban J connectivity index is 2.07. The molecule has 0 radical (unpaired) electrons. The van der Waals surface area contributed by atoms with E-state index in [2.05, 4.69) is 15.6 Å². The lowest BCUT2D eigenvalue weighted by Crippen LogP contribution is -2.38. The lowest BCUT2D eigenvalue weighted by Gasteiger charge is -2.16. The van der Waals surface area contributed by atoms with Crippen LogP contribution in [0.4, 0.5) is 8.78 Å². The summed E-state index contributed by atoms with van der Waals surface area (Å²) in [5.41, 5.74) is 1.13. The number of hydrogen-bond acceptors (Lipinski definition) is 4. The highest BCUT2D eigenvalue weighted by Gasteiger charge is 2.15. The normalized spacial score (nSPS) is 11.2. The molecule has 0 aliphatic rings. The number of nitrogens with one attached hydrogen (secondary N) is 2. The number of benzene rings is 2. The number of aliphatic imine (C=N–C) groups is 1. The van der Waals surface area contributed by atoms with Gasteiger partial charge in [-0.1, -0.05) is 6.07 Å². The van der Waals surface area contributed by atoms with Gasteiger partial charge in [-0.2, -0.15) is 0 Å². The first-order valence-electron chi connectivity index (χ1n) is 9.27. The first-order valence-corrected chi connectivity index (χ1v) is 9.27. The molecule has 8 heteroatoms. The number of methoxy groups -OCH3 is 3. The Kier molecular flexibility index (Phi) is 8.51.